The lowest BCUT2D eigenvalue weighted by Gasteiger charge is -2.15. The zero-order chi connectivity index (χ0) is 23.8. The van der Waals surface area contributed by atoms with Crippen LogP contribution in [0.4, 0.5) is 5.69 Å². The van der Waals surface area contributed by atoms with Gasteiger partial charge in [0.1, 0.15) is 0 Å². The summed E-state index contributed by atoms with van der Waals surface area (Å²) in [6.07, 6.45) is 1.58. The number of nitro groups is 1. The topological polar surface area (TPSA) is 142 Å². The number of aromatic nitrogens is 1. The van der Waals surface area contributed by atoms with E-state index in [-0.39, 0.29) is 39.6 Å². The molecule has 11 nitrogen and oxygen atoms in total. The van der Waals surface area contributed by atoms with E-state index in [0.717, 1.165) is 23.5 Å². The van der Waals surface area contributed by atoms with Crippen LogP contribution in [0.1, 0.15) is 30.1 Å². The highest BCUT2D eigenvalue weighted by molar-refractivity contribution is 7.89. The number of nitrogens with zero attached hydrogens (tertiary/aromatic N) is 3. The Hall–Kier alpha value is -3.51. The third-order valence-corrected chi connectivity index (χ3v) is 7.32. The minimum absolute atomic E-state index is 0.00580. The Labute approximate surface area is 188 Å². The Morgan fingerprint density at radius 1 is 1.18 bits per heavy atom. The molecule has 0 radical (unpaired) electrons. The third-order valence-electron chi connectivity index (χ3n) is 5.42. The molecule has 0 bridgehead atoms. The van der Waals surface area contributed by atoms with Crippen molar-refractivity contribution < 1.29 is 27.3 Å². The van der Waals surface area contributed by atoms with Crippen LogP contribution in [0, 0.1) is 10.1 Å². The molecule has 2 aromatic carbocycles. The molecular weight excluding hydrogens is 454 g/mol. The van der Waals surface area contributed by atoms with E-state index in [1.54, 1.807) is 6.92 Å². The molecule has 1 aliphatic heterocycles. The Morgan fingerprint density at radius 2 is 1.91 bits per heavy atom. The van der Waals surface area contributed by atoms with Gasteiger partial charge in [-0.15, -0.1) is 0 Å². The van der Waals surface area contributed by atoms with Gasteiger partial charge < -0.3 is 9.15 Å². The molecule has 0 saturated carbocycles. The highest BCUT2D eigenvalue weighted by atomic mass is 32.2. The minimum Gasteiger partial charge on any atom is -0.487 e. The van der Waals surface area contributed by atoms with Gasteiger partial charge in [-0.3, -0.25) is 19.5 Å². The number of hydrogen-bond donors (Lipinski definition) is 0. The lowest BCUT2D eigenvalue weighted by Crippen LogP contribution is -2.27. The molecule has 1 aromatic heterocycles. The summed E-state index contributed by atoms with van der Waals surface area (Å²) >= 11 is 0. The number of fused-ring (bicyclic) bond motifs is 1. The maximum atomic E-state index is 12.8. The van der Waals surface area contributed by atoms with Crippen LogP contribution in [0.3, 0.4) is 0 Å². The van der Waals surface area contributed by atoms with Crippen LogP contribution in [-0.4, -0.2) is 47.7 Å². The van der Waals surface area contributed by atoms with Crippen molar-refractivity contribution in [3.63, 3.8) is 0 Å². The van der Waals surface area contributed by atoms with E-state index in [9.17, 15) is 28.1 Å². The number of rotatable bonds is 8. The van der Waals surface area contributed by atoms with E-state index in [1.165, 1.54) is 34.6 Å². The largest absolute Gasteiger partial charge is 0.487 e. The van der Waals surface area contributed by atoms with Crippen molar-refractivity contribution in [2.24, 2.45) is 0 Å². The standard InChI is InChI=1S/C21H21N3O8S/c1-2-31-19-8-5-14(11-17(19)24(27)28)18(25)13-23-16-7-6-15(12-20(16)32-21(23)26)33(29,30)22-9-3-4-10-22/h5-8,11-12H,2-4,9-10,13H2,1H3. The summed E-state index contributed by atoms with van der Waals surface area (Å²) in [5, 5.41) is 11.3. The number of hydrogen-bond acceptors (Lipinski definition) is 8. The van der Waals surface area contributed by atoms with E-state index in [0.29, 0.717) is 13.1 Å². The fourth-order valence-electron chi connectivity index (χ4n) is 3.78. The van der Waals surface area contributed by atoms with Gasteiger partial charge in [0.2, 0.25) is 10.0 Å². The number of Topliss-reactive ketones (excluding diaryl/α,β-unsaturated/α-hetero) is 1. The number of benzene rings is 2. The molecule has 3 aromatic rings. The summed E-state index contributed by atoms with van der Waals surface area (Å²) in [4.78, 5) is 35.9. The summed E-state index contributed by atoms with van der Waals surface area (Å²) in [6, 6.07) is 7.87. The molecule has 12 heteroatoms. The summed E-state index contributed by atoms with van der Waals surface area (Å²) in [5.74, 6) is -1.36. The van der Waals surface area contributed by atoms with Gasteiger partial charge in [0.05, 0.1) is 28.5 Å². The number of nitro benzene ring substituents is 1. The van der Waals surface area contributed by atoms with Gasteiger partial charge in [-0.2, -0.15) is 4.31 Å². The fraction of sp³-hybridized carbons (Fsp3) is 0.333. The first-order valence-corrected chi connectivity index (χ1v) is 11.7. The minimum atomic E-state index is -3.70. The molecule has 174 valence electrons. The zero-order valence-electron chi connectivity index (χ0n) is 17.7. The van der Waals surface area contributed by atoms with Crippen LogP contribution >= 0.6 is 0 Å². The first-order valence-electron chi connectivity index (χ1n) is 10.3. The summed E-state index contributed by atoms with van der Waals surface area (Å²) in [7, 11) is -3.70. The second-order valence-electron chi connectivity index (χ2n) is 7.49. The first kappa shape index (κ1) is 22.7. The number of oxazole rings is 1. The lowest BCUT2D eigenvalue weighted by molar-refractivity contribution is -0.385. The van der Waals surface area contributed by atoms with Crippen LogP contribution in [0.5, 0.6) is 5.75 Å². The van der Waals surface area contributed by atoms with Crippen molar-refractivity contribution in [1.82, 2.24) is 8.87 Å². The van der Waals surface area contributed by atoms with Crippen molar-refractivity contribution in [2.45, 2.75) is 31.2 Å². The Bertz CT molecular complexity index is 1400. The lowest BCUT2D eigenvalue weighted by atomic mass is 10.1. The van der Waals surface area contributed by atoms with Crippen LogP contribution < -0.4 is 10.5 Å². The highest BCUT2D eigenvalue weighted by Crippen LogP contribution is 2.29. The number of ketones is 1. The van der Waals surface area contributed by atoms with E-state index in [1.807, 2.05) is 0 Å². The van der Waals surface area contributed by atoms with Gasteiger partial charge >= 0.3 is 11.4 Å². The second kappa shape index (κ2) is 8.79. The average Bonchev–Trinajstić information content (AvgIpc) is 3.43. The monoisotopic (exact) mass is 475 g/mol. The number of carbonyl (C=O) groups excluding carboxylic acids is 1. The molecule has 0 unspecified atom stereocenters. The van der Waals surface area contributed by atoms with Crippen molar-refractivity contribution in [3.05, 3.63) is 62.6 Å². The van der Waals surface area contributed by atoms with E-state index in [2.05, 4.69) is 0 Å². The smallest absolute Gasteiger partial charge is 0.420 e. The summed E-state index contributed by atoms with van der Waals surface area (Å²) in [5.41, 5.74) is -0.0524. The van der Waals surface area contributed by atoms with Gasteiger partial charge in [-0.25, -0.2) is 13.2 Å². The predicted octanol–water partition coefficient (Wildman–Crippen LogP) is 2.57. The Balaban J connectivity index is 1.65. The number of carbonyl (C=O) groups is 1. The Kier molecular flexibility index (Phi) is 6.04. The molecule has 33 heavy (non-hydrogen) atoms. The quantitative estimate of drug-likeness (QED) is 0.275. The van der Waals surface area contributed by atoms with Gasteiger partial charge in [0, 0.05) is 30.8 Å². The van der Waals surface area contributed by atoms with Gasteiger partial charge in [-0.1, -0.05) is 0 Å². The highest BCUT2D eigenvalue weighted by Gasteiger charge is 2.28. The maximum absolute atomic E-state index is 12.8. The molecule has 4 rings (SSSR count). The van der Waals surface area contributed by atoms with E-state index < -0.39 is 33.0 Å². The molecule has 0 amide bonds. The van der Waals surface area contributed by atoms with Gasteiger partial charge in [-0.05, 0) is 44.0 Å². The molecule has 1 saturated heterocycles. The summed E-state index contributed by atoms with van der Waals surface area (Å²) in [6.45, 7) is 2.35. The molecule has 0 N–H and O–H groups in total. The second-order valence-corrected chi connectivity index (χ2v) is 9.43. The summed E-state index contributed by atoms with van der Waals surface area (Å²) < 4.78 is 38.4. The van der Waals surface area contributed by atoms with Crippen molar-refractivity contribution in [3.8, 4) is 5.75 Å². The molecular formula is C21H21N3O8S. The van der Waals surface area contributed by atoms with E-state index >= 15 is 0 Å². The molecule has 0 aliphatic carbocycles. The molecule has 0 spiro atoms. The number of sulfonamides is 1. The van der Waals surface area contributed by atoms with Crippen molar-refractivity contribution >= 4 is 32.6 Å². The predicted molar refractivity (Wildman–Crippen MR) is 117 cm³/mol. The van der Waals surface area contributed by atoms with Gasteiger partial charge in [0.25, 0.3) is 0 Å². The Morgan fingerprint density at radius 3 is 2.58 bits per heavy atom. The van der Waals surface area contributed by atoms with Gasteiger partial charge in [0.15, 0.2) is 17.1 Å². The average molecular weight is 475 g/mol. The van der Waals surface area contributed by atoms with Crippen LogP contribution in [0.25, 0.3) is 11.1 Å². The molecule has 1 aliphatic rings. The zero-order valence-corrected chi connectivity index (χ0v) is 18.5. The fourth-order valence-corrected chi connectivity index (χ4v) is 5.31. The normalized spacial score (nSPS) is 14.6. The van der Waals surface area contributed by atoms with Crippen LogP contribution in [0.15, 0.2) is 50.5 Å². The van der Waals surface area contributed by atoms with E-state index in [4.69, 9.17) is 9.15 Å². The molecule has 0 atom stereocenters. The number of ether oxygens (including phenoxy) is 1. The maximum Gasteiger partial charge on any atom is 0.420 e. The SMILES string of the molecule is CCOc1ccc(C(=O)Cn2c(=O)oc3cc(S(=O)(=O)N4CCCC4)ccc32)cc1[N+](=O)[O-]. The first-order chi connectivity index (χ1) is 15.7. The van der Waals surface area contributed by atoms with Crippen LogP contribution in [-0.2, 0) is 16.6 Å². The molecule has 1 fully saturated rings. The van der Waals surface area contributed by atoms with Crippen molar-refractivity contribution in [2.75, 3.05) is 19.7 Å². The van der Waals surface area contributed by atoms with Crippen LogP contribution in [0.2, 0.25) is 0 Å². The third kappa shape index (κ3) is 4.26. The van der Waals surface area contributed by atoms with Crippen molar-refractivity contribution in [1.29, 1.82) is 0 Å². The molecule has 2 heterocycles.